The van der Waals surface area contributed by atoms with Gasteiger partial charge in [0.2, 0.25) is 0 Å². The number of hydrogen-bond donors (Lipinski definition) is 2. The van der Waals surface area contributed by atoms with E-state index in [0.717, 1.165) is 0 Å². The maximum atomic E-state index is 12.6. The largest absolute Gasteiger partial charge is 2.00 e. The zero-order valence-electron chi connectivity index (χ0n) is 26.2. The minimum Gasteiger partial charge on any atom is -0.378 e. The number of allylic oxidation sites excluding steroid dienone is 2. The van der Waals surface area contributed by atoms with Crippen molar-refractivity contribution in [3.63, 3.8) is 0 Å². The van der Waals surface area contributed by atoms with Crippen molar-refractivity contribution in [1.82, 2.24) is 0 Å². The maximum absolute atomic E-state index is 12.6. The molecule has 45 heavy (non-hydrogen) atoms. The van der Waals surface area contributed by atoms with E-state index < -0.39 is 29.2 Å². The Morgan fingerprint density at radius 3 is 0.978 bits per heavy atom. The third-order valence-electron chi connectivity index (χ3n) is 7.57. The standard InChI is InChI=1S/C31H30O4.C5H5.C4H7.Ti/c1-29(2)34-27(30(32,23-15-7-3-8-16-23)24-17-9-4-10-18-24)28(35-29)31(33,25-19-11-5-12-20-25)26-21-13-6-14-22-26;1-2-4-5-3-1;1-3-4-2;/h3-22,27-28,32-33H,1-2H3;1-5H;3-4H,1H2,2H3;/q;;-1;+2/b;;4-3+;/t27-,28-;;;/m0.../s1. The third-order valence-corrected chi connectivity index (χ3v) is 7.57. The summed E-state index contributed by atoms with van der Waals surface area (Å²) in [5.41, 5.74) is -0.564. The minimum absolute atomic E-state index is 0. The van der Waals surface area contributed by atoms with Gasteiger partial charge in [0.25, 0.3) is 0 Å². The first-order chi connectivity index (χ1) is 21.3. The van der Waals surface area contributed by atoms with Gasteiger partial charge < -0.3 is 19.7 Å². The number of ether oxygens (including phenoxy) is 2. The molecule has 229 valence electrons. The van der Waals surface area contributed by atoms with Crippen molar-refractivity contribution in [3.8, 4) is 0 Å². The molecule has 2 fully saturated rings. The molecule has 5 radical (unpaired) electrons. The van der Waals surface area contributed by atoms with Crippen LogP contribution in [0.5, 0.6) is 0 Å². The molecule has 2 N–H and O–H groups in total. The zero-order valence-corrected chi connectivity index (χ0v) is 27.7. The monoisotopic (exact) mass is 634 g/mol. The zero-order chi connectivity index (χ0) is 31.5. The quantitative estimate of drug-likeness (QED) is 0.168. The molecule has 4 aromatic rings. The molecule has 1 saturated heterocycles. The molecule has 6 rings (SSSR count). The molecule has 2 aliphatic rings. The fourth-order valence-corrected chi connectivity index (χ4v) is 5.45. The van der Waals surface area contributed by atoms with Crippen molar-refractivity contribution in [2.45, 2.75) is 50.0 Å². The molecule has 0 unspecified atom stereocenters. The van der Waals surface area contributed by atoms with Crippen LogP contribution < -0.4 is 0 Å². The summed E-state index contributed by atoms with van der Waals surface area (Å²) in [5.74, 6) is -1.05. The van der Waals surface area contributed by atoms with Gasteiger partial charge in [-0.25, -0.2) is 19.1 Å². The van der Waals surface area contributed by atoms with Gasteiger partial charge in [0.1, 0.15) is 23.4 Å². The van der Waals surface area contributed by atoms with E-state index in [1.165, 1.54) is 0 Å². The van der Waals surface area contributed by atoms with E-state index in [-0.39, 0.29) is 21.7 Å². The molecule has 1 aliphatic carbocycles. The maximum Gasteiger partial charge on any atom is 2.00 e. The van der Waals surface area contributed by atoms with E-state index in [2.05, 4.69) is 6.92 Å². The predicted molar refractivity (Wildman–Crippen MR) is 177 cm³/mol. The second-order valence-corrected chi connectivity index (χ2v) is 11.0. The van der Waals surface area contributed by atoms with E-state index >= 15 is 0 Å². The first-order valence-corrected chi connectivity index (χ1v) is 14.9. The SMILES string of the molecule is CC1(C)O[C@H](C(O)(c2ccccc2)c2ccccc2)[C@@H](C(O)(c2ccccc2)c2ccccc2)O1.[CH2-]/C=C/C.[CH]1[CH][CH][CH][CH]1.[Ti+2]. The van der Waals surface area contributed by atoms with Crippen LogP contribution in [0.25, 0.3) is 0 Å². The summed E-state index contributed by atoms with van der Waals surface area (Å²) >= 11 is 0. The summed E-state index contributed by atoms with van der Waals surface area (Å²) in [6, 6.07) is 37.8. The molecule has 0 bridgehead atoms. The van der Waals surface area contributed by atoms with Crippen molar-refractivity contribution in [2.24, 2.45) is 0 Å². The van der Waals surface area contributed by atoms with E-state index in [9.17, 15) is 10.2 Å². The molecular formula is C40H42O4Ti+. The van der Waals surface area contributed by atoms with Gasteiger partial charge in [0.05, 0.1) is 0 Å². The molecule has 5 heteroatoms. The van der Waals surface area contributed by atoms with Gasteiger partial charge >= 0.3 is 21.7 Å². The Morgan fingerprint density at radius 1 is 0.556 bits per heavy atom. The van der Waals surface area contributed by atoms with Crippen LogP contribution in [0.4, 0.5) is 0 Å². The minimum atomic E-state index is -1.60. The van der Waals surface area contributed by atoms with Gasteiger partial charge in [0, 0.05) is 0 Å². The number of aliphatic hydroxyl groups is 2. The van der Waals surface area contributed by atoms with Crippen LogP contribution >= 0.6 is 0 Å². The molecule has 2 atom stereocenters. The average Bonchev–Trinajstić information content (AvgIpc) is 3.78. The number of hydrogen-bond acceptors (Lipinski definition) is 4. The van der Waals surface area contributed by atoms with Gasteiger partial charge in [-0.2, -0.15) is 0 Å². The first-order valence-electron chi connectivity index (χ1n) is 14.9. The molecule has 4 aromatic carbocycles. The van der Waals surface area contributed by atoms with Crippen molar-refractivity contribution < 1.29 is 41.4 Å². The van der Waals surface area contributed by atoms with Crippen LogP contribution in [0.1, 0.15) is 43.0 Å². The fraction of sp³-hybridized carbons (Fsp3) is 0.200. The molecule has 1 aliphatic heterocycles. The Balaban J connectivity index is 0.000000482. The fourth-order valence-electron chi connectivity index (χ4n) is 5.45. The predicted octanol–water partition coefficient (Wildman–Crippen LogP) is 7.79. The van der Waals surface area contributed by atoms with E-state index in [0.29, 0.717) is 22.3 Å². The third kappa shape index (κ3) is 8.65. The van der Waals surface area contributed by atoms with Crippen molar-refractivity contribution >= 4 is 0 Å². The Bertz CT molecular complexity index is 1210. The second-order valence-electron chi connectivity index (χ2n) is 11.0. The van der Waals surface area contributed by atoms with Gasteiger partial charge in [-0.15, -0.1) is 6.92 Å². The van der Waals surface area contributed by atoms with Gasteiger partial charge in [0.15, 0.2) is 5.79 Å². The van der Waals surface area contributed by atoms with E-state index in [4.69, 9.17) is 9.47 Å². The molecule has 1 saturated carbocycles. The summed E-state index contributed by atoms with van der Waals surface area (Å²) in [6.07, 6.45) is 11.8. The number of rotatable bonds is 6. The summed E-state index contributed by atoms with van der Waals surface area (Å²) in [7, 11) is 0. The molecule has 4 nitrogen and oxygen atoms in total. The van der Waals surface area contributed by atoms with Gasteiger partial charge in [-0.3, -0.25) is 0 Å². The summed E-state index contributed by atoms with van der Waals surface area (Å²) in [4.78, 5) is 0. The normalized spacial score (nSPS) is 19.0. The Labute approximate surface area is 285 Å². The summed E-state index contributed by atoms with van der Waals surface area (Å²) in [5, 5.41) is 25.2. The van der Waals surface area contributed by atoms with E-state index in [1.807, 2.05) is 180 Å². The molecular weight excluding hydrogens is 592 g/mol. The van der Waals surface area contributed by atoms with E-state index in [1.54, 1.807) is 6.08 Å². The van der Waals surface area contributed by atoms with Crippen LogP contribution in [-0.4, -0.2) is 28.2 Å². The second kappa shape index (κ2) is 17.1. The smallest absolute Gasteiger partial charge is 0.378 e. The summed E-state index contributed by atoms with van der Waals surface area (Å²) < 4.78 is 13.0. The molecule has 0 aromatic heterocycles. The van der Waals surface area contributed by atoms with Gasteiger partial charge in [-0.1, -0.05) is 121 Å². The van der Waals surface area contributed by atoms with Crippen molar-refractivity contribution in [3.05, 3.63) is 195 Å². The van der Waals surface area contributed by atoms with Crippen LogP contribution in [0.15, 0.2) is 133 Å². The molecule has 0 spiro atoms. The van der Waals surface area contributed by atoms with Crippen LogP contribution in [0.3, 0.4) is 0 Å². The average molecular weight is 635 g/mol. The van der Waals surface area contributed by atoms with Crippen molar-refractivity contribution in [2.75, 3.05) is 0 Å². The summed E-state index contributed by atoms with van der Waals surface area (Å²) in [6.45, 7) is 8.99. The van der Waals surface area contributed by atoms with Crippen LogP contribution in [-0.2, 0) is 42.4 Å². The topological polar surface area (TPSA) is 58.9 Å². The van der Waals surface area contributed by atoms with Crippen LogP contribution in [0.2, 0.25) is 0 Å². The first kappa shape index (κ1) is 36.5. The Hall–Kier alpha value is -2.96. The number of benzene rings is 4. The van der Waals surface area contributed by atoms with Crippen LogP contribution in [0, 0.1) is 39.0 Å². The van der Waals surface area contributed by atoms with Crippen molar-refractivity contribution in [1.29, 1.82) is 0 Å². The molecule has 0 amide bonds. The Morgan fingerprint density at radius 2 is 0.778 bits per heavy atom. The van der Waals surface area contributed by atoms with Gasteiger partial charge in [-0.05, 0) is 68.2 Å². The Kier molecular flexibility index (Phi) is 13.9. The molecule has 1 heterocycles.